The molecule has 2 bridgehead atoms. The molecule has 3 heteroatoms. The summed E-state index contributed by atoms with van der Waals surface area (Å²) in [4.78, 5) is 11.0. The Morgan fingerprint density at radius 1 is 1.40 bits per heavy atom. The van der Waals surface area contributed by atoms with Gasteiger partial charge in [-0.05, 0) is 19.3 Å². The van der Waals surface area contributed by atoms with Gasteiger partial charge < -0.3 is 5.32 Å². The third-order valence-electron chi connectivity index (χ3n) is 2.32. The zero-order valence-corrected chi connectivity index (χ0v) is 6.62. The SMILES string of the molecule is Cl.O=C1CC2CCCC1N2. The summed E-state index contributed by atoms with van der Waals surface area (Å²) in [5.41, 5.74) is 0. The Morgan fingerprint density at radius 3 is 2.80 bits per heavy atom. The molecule has 58 valence electrons. The van der Waals surface area contributed by atoms with Crippen LogP contribution in [-0.4, -0.2) is 17.9 Å². The van der Waals surface area contributed by atoms with Crippen molar-refractivity contribution in [2.24, 2.45) is 0 Å². The monoisotopic (exact) mass is 161 g/mol. The maximum Gasteiger partial charge on any atom is 0.151 e. The summed E-state index contributed by atoms with van der Waals surface area (Å²) in [5, 5.41) is 3.29. The van der Waals surface area contributed by atoms with Crippen LogP contribution in [-0.2, 0) is 4.79 Å². The Bertz CT molecular complexity index is 149. The standard InChI is InChI=1S/C7H11NO.ClH/c9-7-4-5-2-1-3-6(7)8-5;/h5-6,8H,1-4H2;1H. The lowest BCUT2D eigenvalue weighted by atomic mass is 10.1. The van der Waals surface area contributed by atoms with E-state index in [2.05, 4.69) is 5.32 Å². The first kappa shape index (κ1) is 8.02. The van der Waals surface area contributed by atoms with Crippen LogP contribution in [0.3, 0.4) is 0 Å². The maximum atomic E-state index is 11.0. The number of carbonyl (C=O) groups excluding carboxylic acids is 1. The Balaban J connectivity index is 0.000000500. The molecule has 2 atom stereocenters. The van der Waals surface area contributed by atoms with Crippen LogP contribution < -0.4 is 5.32 Å². The van der Waals surface area contributed by atoms with E-state index in [1.807, 2.05) is 0 Å². The number of hydrogen-bond donors (Lipinski definition) is 1. The molecule has 0 aromatic carbocycles. The lowest BCUT2D eigenvalue weighted by molar-refractivity contribution is -0.118. The lowest BCUT2D eigenvalue weighted by Crippen LogP contribution is -2.35. The summed E-state index contributed by atoms with van der Waals surface area (Å²) in [7, 11) is 0. The molecule has 0 aromatic heterocycles. The largest absolute Gasteiger partial charge is 0.304 e. The van der Waals surface area contributed by atoms with Crippen molar-refractivity contribution in [3.8, 4) is 0 Å². The van der Waals surface area contributed by atoms with E-state index >= 15 is 0 Å². The molecule has 2 fully saturated rings. The molecule has 10 heavy (non-hydrogen) atoms. The van der Waals surface area contributed by atoms with Crippen LogP contribution in [0.1, 0.15) is 25.7 Å². The van der Waals surface area contributed by atoms with E-state index in [0.29, 0.717) is 11.8 Å². The van der Waals surface area contributed by atoms with Gasteiger partial charge in [0.15, 0.2) is 5.78 Å². The van der Waals surface area contributed by atoms with E-state index in [0.717, 1.165) is 12.8 Å². The molecule has 2 rings (SSSR count). The first-order chi connectivity index (χ1) is 4.36. The van der Waals surface area contributed by atoms with Crippen molar-refractivity contribution in [1.82, 2.24) is 5.32 Å². The van der Waals surface area contributed by atoms with E-state index in [1.54, 1.807) is 0 Å². The number of halogens is 1. The van der Waals surface area contributed by atoms with Gasteiger partial charge in [-0.25, -0.2) is 0 Å². The minimum atomic E-state index is 0. The number of ketones is 1. The second-order valence-corrected chi connectivity index (χ2v) is 3.02. The minimum Gasteiger partial charge on any atom is -0.304 e. The van der Waals surface area contributed by atoms with E-state index < -0.39 is 0 Å². The Labute approximate surface area is 66.8 Å². The molecular formula is C7H12ClNO. The van der Waals surface area contributed by atoms with Crippen molar-refractivity contribution in [3.05, 3.63) is 0 Å². The molecule has 0 spiro atoms. The Kier molecular flexibility index (Phi) is 2.32. The molecule has 0 aliphatic carbocycles. The molecule has 0 amide bonds. The lowest BCUT2D eigenvalue weighted by Gasteiger charge is -2.18. The first-order valence-electron chi connectivity index (χ1n) is 3.65. The van der Waals surface area contributed by atoms with Gasteiger partial charge in [0.25, 0.3) is 0 Å². The van der Waals surface area contributed by atoms with Gasteiger partial charge in [0.1, 0.15) is 0 Å². The van der Waals surface area contributed by atoms with Gasteiger partial charge in [0, 0.05) is 12.5 Å². The molecule has 2 nitrogen and oxygen atoms in total. The van der Waals surface area contributed by atoms with E-state index in [1.165, 1.54) is 12.8 Å². The summed E-state index contributed by atoms with van der Waals surface area (Å²) < 4.78 is 0. The highest BCUT2D eigenvalue weighted by atomic mass is 35.5. The van der Waals surface area contributed by atoms with Crippen molar-refractivity contribution in [1.29, 1.82) is 0 Å². The predicted molar refractivity (Wildman–Crippen MR) is 41.4 cm³/mol. The van der Waals surface area contributed by atoms with Crippen molar-refractivity contribution >= 4 is 18.2 Å². The number of piperidine rings is 1. The smallest absolute Gasteiger partial charge is 0.151 e. The second kappa shape index (κ2) is 2.89. The summed E-state index contributed by atoms with van der Waals surface area (Å²) in [6.07, 6.45) is 4.33. The number of nitrogens with one attached hydrogen (secondary N) is 1. The van der Waals surface area contributed by atoms with Gasteiger partial charge >= 0.3 is 0 Å². The van der Waals surface area contributed by atoms with Gasteiger partial charge in [-0.1, -0.05) is 0 Å². The highest BCUT2D eigenvalue weighted by Crippen LogP contribution is 2.23. The molecule has 0 saturated carbocycles. The molecule has 2 saturated heterocycles. The second-order valence-electron chi connectivity index (χ2n) is 3.02. The summed E-state index contributed by atoms with van der Waals surface area (Å²) in [5.74, 6) is 0.442. The van der Waals surface area contributed by atoms with Crippen LogP contribution in [0.15, 0.2) is 0 Å². The average molecular weight is 162 g/mol. The highest BCUT2D eigenvalue weighted by Gasteiger charge is 2.34. The van der Waals surface area contributed by atoms with Crippen LogP contribution in [0.4, 0.5) is 0 Å². The fourth-order valence-electron chi connectivity index (χ4n) is 1.82. The summed E-state index contributed by atoms with van der Waals surface area (Å²) >= 11 is 0. The van der Waals surface area contributed by atoms with Gasteiger partial charge in [-0.15, -0.1) is 12.4 Å². The number of Topliss-reactive ketones (excluding diaryl/α,β-unsaturated/α-hetero) is 1. The van der Waals surface area contributed by atoms with Crippen molar-refractivity contribution in [2.45, 2.75) is 37.8 Å². The van der Waals surface area contributed by atoms with E-state index in [9.17, 15) is 4.79 Å². The van der Waals surface area contributed by atoms with Gasteiger partial charge in [-0.3, -0.25) is 4.79 Å². The minimum absolute atomic E-state index is 0. The molecule has 0 aromatic rings. The van der Waals surface area contributed by atoms with Crippen LogP contribution in [0.5, 0.6) is 0 Å². The third-order valence-corrected chi connectivity index (χ3v) is 2.32. The number of carbonyl (C=O) groups is 1. The fourth-order valence-corrected chi connectivity index (χ4v) is 1.82. The van der Waals surface area contributed by atoms with Crippen molar-refractivity contribution in [3.63, 3.8) is 0 Å². The van der Waals surface area contributed by atoms with Crippen molar-refractivity contribution in [2.75, 3.05) is 0 Å². The van der Waals surface area contributed by atoms with Crippen LogP contribution in [0, 0.1) is 0 Å². The molecule has 2 heterocycles. The summed E-state index contributed by atoms with van der Waals surface area (Å²) in [6.45, 7) is 0. The first-order valence-corrected chi connectivity index (χ1v) is 3.65. The Morgan fingerprint density at radius 2 is 2.20 bits per heavy atom. The molecule has 2 aliphatic heterocycles. The molecule has 2 unspecified atom stereocenters. The average Bonchev–Trinajstić information content (AvgIpc) is 2.09. The van der Waals surface area contributed by atoms with E-state index in [-0.39, 0.29) is 18.4 Å². The zero-order valence-electron chi connectivity index (χ0n) is 5.80. The molecule has 1 N–H and O–H groups in total. The third kappa shape index (κ3) is 1.18. The van der Waals surface area contributed by atoms with Gasteiger partial charge in [0.05, 0.1) is 6.04 Å². The Hall–Kier alpha value is -0.0800. The highest BCUT2D eigenvalue weighted by molar-refractivity contribution is 5.87. The number of hydrogen-bond acceptors (Lipinski definition) is 2. The zero-order chi connectivity index (χ0) is 6.27. The molecular weight excluding hydrogens is 150 g/mol. The van der Waals surface area contributed by atoms with Crippen molar-refractivity contribution < 1.29 is 4.79 Å². The van der Waals surface area contributed by atoms with Crippen LogP contribution in [0.2, 0.25) is 0 Å². The topological polar surface area (TPSA) is 29.1 Å². The van der Waals surface area contributed by atoms with E-state index in [4.69, 9.17) is 0 Å². The van der Waals surface area contributed by atoms with Crippen LogP contribution >= 0.6 is 12.4 Å². The predicted octanol–water partition coefficient (Wildman–Crippen LogP) is 0.892. The van der Waals surface area contributed by atoms with Gasteiger partial charge in [-0.2, -0.15) is 0 Å². The number of rotatable bonds is 0. The van der Waals surface area contributed by atoms with Crippen LogP contribution in [0.25, 0.3) is 0 Å². The van der Waals surface area contributed by atoms with Gasteiger partial charge in [0.2, 0.25) is 0 Å². The molecule has 2 aliphatic rings. The molecule has 0 radical (unpaired) electrons. The summed E-state index contributed by atoms with van der Waals surface area (Å²) in [6, 6.07) is 0.778. The quantitative estimate of drug-likeness (QED) is 0.572. The number of fused-ring (bicyclic) bond motifs is 2. The maximum absolute atomic E-state index is 11.0. The normalized spacial score (nSPS) is 37.4. The fraction of sp³-hybridized carbons (Fsp3) is 0.857.